The van der Waals surface area contributed by atoms with E-state index in [2.05, 4.69) is 4.98 Å². The topological polar surface area (TPSA) is 38.9 Å². The molecule has 0 atom stereocenters. The van der Waals surface area contributed by atoms with Crippen molar-refractivity contribution in [3.63, 3.8) is 0 Å². The van der Waals surface area contributed by atoms with Gasteiger partial charge in [-0.05, 0) is 12.1 Å². The Morgan fingerprint density at radius 3 is 2.19 bits per heavy atom. The number of pyridine rings is 1. The molecule has 0 amide bonds. The van der Waals surface area contributed by atoms with Crippen molar-refractivity contribution in [2.45, 2.75) is 0 Å². The summed E-state index contributed by atoms with van der Waals surface area (Å²) in [5.41, 5.74) is 5.45. The second-order valence-corrected chi connectivity index (χ2v) is 3.22. The SMILES string of the molecule is Nc1ccnc(-c2c(F)cc(F)cc2F)c1. The zero-order valence-corrected chi connectivity index (χ0v) is 8.05. The van der Waals surface area contributed by atoms with Gasteiger partial charge in [-0.25, -0.2) is 13.2 Å². The lowest BCUT2D eigenvalue weighted by molar-refractivity contribution is 0.547. The lowest BCUT2D eigenvalue weighted by Crippen LogP contribution is -1.95. The summed E-state index contributed by atoms with van der Waals surface area (Å²) >= 11 is 0. The van der Waals surface area contributed by atoms with Crippen LogP contribution >= 0.6 is 0 Å². The molecular weight excluding hydrogens is 217 g/mol. The first-order chi connectivity index (χ1) is 7.58. The second-order valence-electron chi connectivity index (χ2n) is 3.22. The molecule has 82 valence electrons. The van der Waals surface area contributed by atoms with Gasteiger partial charge < -0.3 is 5.73 Å². The third-order valence-corrected chi connectivity index (χ3v) is 2.05. The van der Waals surface area contributed by atoms with Crippen LogP contribution in [-0.2, 0) is 0 Å². The number of nitrogens with zero attached hydrogens (tertiary/aromatic N) is 1. The van der Waals surface area contributed by atoms with E-state index in [0.717, 1.165) is 0 Å². The molecule has 2 aromatic rings. The molecular formula is C11H7F3N2. The summed E-state index contributed by atoms with van der Waals surface area (Å²) < 4.78 is 39.4. The number of hydrogen-bond acceptors (Lipinski definition) is 2. The minimum absolute atomic E-state index is 0.0370. The van der Waals surface area contributed by atoms with Crippen LogP contribution in [0.15, 0.2) is 30.5 Å². The number of aromatic nitrogens is 1. The predicted molar refractivity (Wildman–Crippen MR) is 54.0 cm³/mol. The Labute approximate surface area is 89.5 Å². The summed E-state index contributed by atoms with van der Waals surface area (Å²) in [5, 5.41) is 0. The van der Waals surface area contributed by atoms with E-state index < -0.39 is 17.5 Å². The first-order valence-corrected chi connectivity index (χ1v) is 4.44. The summed E-state index contributed by atoms with van der Waals surface area (Å²) in [6.07, 6.45) is 1.33. The quantitative estimate of drug-likeness (QED) is 0.808. The minimum Gasteiger partial charge on any atom is -0.399 e. The maximum atomic E-state index is 13.4. The van der Waals surface area contributed by atoms with E-state index in [-0.39, 0.29) is 11.3 Å². The minimum atomic E-state index is -1.00. The number of nitrogen functional groups attached to an aromatic ring is 1. The van der Waals surface area contributed by atoms with Gasteiger partial charge in [-0.15, -0.1) is 0 Å². The van der Waals surface area contributed by atoms with E-state index >= 15 is 0 Å². The van der Waals surface area contributed by atoms with Crippen LogP contribution in [0.5, 0.6) is 0 Å². The van der Waals surface area contributed by atoms with E-state index in [0.29, 0.717) is 17.8 Å². The Bertz CT molecular complexity index is 517. The van der Waals surface area contributed by atoms with E-state index in [4.69, 9.17) is 5.73 Å². The van der Waals surface area contributed by atoms with Crippen LogP contribution in [0.1, 0.15) is 0 Å². The van der Waals surface area contributed by atoms with Gasteiger partial charge in [0.2, 0.25) is 0 Å². The normalized spacial score (nSPS) is 10.4. The molecule has 1 aromatic carbocycles. The third kappa shape index (κ3) is 1.84. The Kier molecular flexibility index (Phi) is 2.52. The lowest BCUT2D eigenvalue weighted by atomic mass is 10.1. The fourth-order valence-corrected chi connectivity index (χ4v) is 1.37. The zero-order valence-electron chi connectivity index (χ0n) is 8.05. The smallest absolute Gasteiger partial charge is 0.138 e. The maximum absolute atomic E-state index is 13.4. The molecule has 0 radical (unpaired) electrons. The fourth-order valence-electron chi connectivity index (χ4n) is 1.37. The standard InChI is InChI=1S/C11H7F3N2/c12-6-3-8(13)11(9(14)4-6)10-5-7(15)1-2-16-10/h1-5H,(H2,15,16). The van der Waals surface area contributed by atoms with Gasteiger partial charge in [0.25, 0.3) is 0 Å². The molecule has 0 aliphatic heterocycles. The van der Waals surface area contributed by atoms with Crippen molar-refractivity contribution in [3.05, 3.63) is 47.9 Å². The molecule has 0 aliphatic rings. The van der Waals surface area contributed by atoms with Crippen molar-refractivity contribution in [3.8, 4) is 11.3 Å². The number of halogens is 3. The molecule has 16 heavy (non-hydrogen) atoms. The highest BCUT2D eigenvalue weighted by Gasteiger charge is 2.14. The third-order valence-electron chi connectivity index (χ3n) is 2.05. The molecule has 0 spiro atoms. The van der Waals surface area contributed by atoms with Gasteiger partial charge in [-0.1, -0.05) is 0 Å². The first kappa shape index (κ1) is 10.5. The monoisotopic (exact) mass is 224 g/mol. The van der Waals surface area contributed by atoms with Crippen LogP contribution in [0.25, 0.3) is 11.3 Å². The Balaban J connectivity index is 2.64. The van der Waals surface area contributed by atoms with Crippen molar-refractivity contribution in [1.82, 2.24) is 4.98 Å². The van der Waals surface area contributed by atoms with Crippen molar-refractivity contribution < 1.29 is 13.2 Å². The summed E-state index contributed by atoms with van der Waals surface area (Å²) in [4.78, 5) is 3.78. The molecule has 2 nitrogen and oxygen atoms in total. The summed E-state index contributed by atoms with van der Waals surface area (Å²) in [6.45, 7) is 0. The van der Waals surface area contributed by atoms with Crippen molar-refractivity contribution in [2.24, 2.45) is 0 Å². The van der Waals surface area contributed by atoms with Gasteiger partial charge in [-0.2, -0.15) is 0 Å². The van der Waals surface area contributed by atoms with Crippen LogP contribution in [0.3, 0.4) is 0 Å². The largest absolute Gasteiger partial charge is 0.399 e. The number of anilines is 1. The van der Waals surface area contributed by atoms with Crippen molar-refractivity contribution in [2.75, 3.05) is 5.73 Å². The fraction of sp³-hybridized carbons (Fsp3) is 0. The molecule has 1 aromatic heterocycles. The molecule has 0 unspecified atom stereocenters. The van der Waals surface area contributed by atoms with Gasteiger partial charge >= 0.3 is 0 Å². The molecule has 1 heterocycles. The van der Waals surface area contributed by atoms with Crippen LogP contribution in [-0.4, -0.2) is 4.98 Å². The molecule has 0 saturated heterocycles. The molecule has 0 aliphatic carbocycles. The van der Waals surface area contributed by atoms with Crippen LogP contribution < -0.4 is 5.73 Å². The van der Waals surface area contributed by atoms with Gasteiger partial charge in [0.05, 0.1) is 11.3 Å². The van der Waals surface area contributed by atoms with Gasteiger partial charge in [0, 0.05) is 24.0 Å². The highest BCUT2D eigenvalue weighted by molar-refractivity contribution is 5.64. The van der Waals surface area contributed by atoms with E-state index in [9.17, 15) is 13.2 Å². The van der Waals surface area contributed by atoms with E-state index in [1.165, 1.54) is 18.3 Å². The average Bonchev–Trinajstić information content (AvgIpc) is 2.15. The molecule has 0 bridgehead atoms. The van der Waals surface area contributed by atoms with Crippen molar-refractivity contribution >= 4 is 5.69 Å². The molecule has 5 heteroatoms. The zero-order chi connectivity index (χ0) is 11.7. The highest BCUT2D eigenvalue weighted by atomic mass is 19.1. The lowest BCUT2D eigenvalue weighted by Gasteiger charge is -2.05. The predicted octanol–water partition coefficient (Wildman–Crippen LogP) is 2.75. The van der Waals surface area contributed by atoms with Crippen molar-refractivity contribution in [1.29, 1.82) is 0 Å². The molecule has 2 N–H and O–H groups in total. The number of hydrogen-bond donors (Lipinski definition) is 1. The van der Waals surface area contributed by atoms with E-state index in [1.54, 1.807) is 0 Å². The Morgan fingerprint density at radius 2 is 1.62 bits per heavy atom. The molecule has 0 saturated carbocycles. The van der Waals surface area contributed by atoms with Gasteiger partial charge in [0.1, 0.15) is 17.5 Å². The summed E-state index contributed by atoms with van der Waals surface area (Å²) in [7, 11) is 0. The average molecular weight is 224 g/mol. The van der Waals surface area contributed by atoms with E-state index in [1.807, 2.05) is 0 Å². The molecule has 2 rings (SSSR count). The number of nitrogens with two attached hydrogens (primary N) is 1. The molecule has 0 fully saturated rings. The summed E-state index contributed by atoms with van der Waals surface area (Å²) in [6, 6.07) is 4.01. The summed E-state index contributed by atoms with van der Waals surface area (Å²) in [5.74, 6) is -2.98. The van der Waals surface area contributed by atoms with Gasteiger partial charge in [0.15, 0.2) is 0 Å². The maximum Gasteiger partial charge on any atom is 0.138 e. The first-order valence-electron chi connectivity index (χ1n) is 4.44. The Hall–Kier alpha value is -2.04. The van der Waals surface area contributed by atoms with Crippen LogP contribution in [0.4, 0.5) is 18.9 Å². The van der Waals surface area contributed by atoms with Gasteiger partial charge in [-0.3, -0.25) is 4.98 Å². The number of rotatable bonds is 1. The second kappa shape index (κ2) is 3.84. The van der Waals surface area contributed by atoms with Crippen LogP contribution in [0.2, 0.25) is 0 Å². The Morgan fingerprint density at radius 1 is 1.00 bits per heavy atom. The highest BCUT2D eigenvalue weighted by Crippen LogP contribution is 2.26. The van der Waals surface area contributed by atoms with Crippen LogP contribution in [0, 0.1) is 17.5 Å². The number of benzene rings is 1.